The van der Waals surface area contributed by atoms with Crippen LogP contribution in [0.1, 0.15) is 82.9 Å². The Labute approximate surface area is 169 Å². The van der Waals surface area contributed by atoms with E-state index in [0.29, 0.717) is 18.8 Å². The fourth-order valence-corrected chi connectivity index (χ4v) is 6.06. The summed E-state index contributed by atoms with van der Waals surface area (Å²) in [5, 5.41) is 0. The first kappa shape index (κ1) is 20.9. The van der Waals surface area contributed by atoms with Crippen LogP contribution in [0.2, 0.25) is 0 Å². The summed E-state index contributed by atoms with van der Waals surface area (Å²) >= 11 is 0. The monoisotopic (exact) mass is 386 g/mol. The van der Waals surface area contributed by atoms with Gasteiger partial charge in [-0.1, -0.05) is 52.3 Å². The highest BCUT2D eigenvalue weighted by Gasteiger charge is 2.57. The van der Waals surface area contributed by atoms with E-state index < -0.39 is 0 Å². The number of methoxy groups -OCH3 is 1. The third kappa shape index (κ3) is 3.58. The molecule has 1 fully saturated rings. The van der Waals surface area contributed by atoms with Crippen molar-refractivity contribution >= 4 is 11.9 Å². The molecule has 0 heterocycles. The van der Waals surface area contributed by atoms with Gasteiger partial charge in [-0.2, -0.15) is 0 Å². The molecule has 4 nitrogen and oxygen atoms in total. The van der Waals surface area contributed by atoms with Crippen LogP contribution in [-0.4, -0.2) is 25.2 Å². The molecule has 4 atom stereocenters. The maximum absolute atomic E-state index is 12.2. The van der Waals surface area contributed by atoms with Crippen molar-refractivity contribution < 1.29 is 19.1 Å². The van der Waals surface area contributed by atoms with Gasteiger partial charge in [0.2, 0.25) is 0 Å². The molecule has 0 N–H and O–H groups in total. The van der Waals surface area contributed by atoms with Crippen molar-refractivity contribution in [2.45, 2.75) is 84.2 Å². The highest BCUT2D eigenvalue weighted by molar-refractivity contribution is 5.70. The van der Waals surface area contributed by atoms with Crippen molar-refractivity contribution in [3.8, 4) is 0 Å². The Morgan fingerprint density at radius 1 is 1.21 bits per heavy atom. The number of hydrogen-bond acceptors (Lipinski definition) is 4. The van der Waals surface area contributed by atoms with Crippen LogP contribution < -0.4 is 0 Å². The molecular formula is C24H34O4. The average Bonchev–Trinajstić information content (AvgIpc) is 2.60. The molecule has 0 spiro atoms. The molecule has 0 saturated heterocycles. The van der Waals surface area contributed by atoms with Gasteiger partial charge in [-0.15, -0.1) is 0 Å². The van der Waals surface area contributed by atoms with Gasteiger partial charge in [0.25, 0.3) is 0 Å². The minimum Gasteiger partial charge on any atom is -0.469 e. The molecule has 28 heavy (non-hydrogen) atoms. The second-order valence-corrected chi connectivity index (χ2v) is 9.58. The van der Waals surface area contributed by atoms with Crippen molar-refractivity contribution in [1.29, 1.82) is 0 Å². The quantitative estimate of drug-likeness (QED) is 0.689. The van der Waals surface area contributed by atoms with E-state index in [0.717, 1.165) is 19.3 Å². The fraction of sp³-hybridized carbons (Fsp3) is 0.667. The number of ether oxygens (including phenoxy) is 2. The molecule has 1 aromatic carbocycles. The Balaban J connectivity index is 2.12. The molecule has 2 aliphatic rings. The molecule has 1 saturated carbocycles. The molecular weight excluding hydrogens is 352 g/mol. The number of carbonyl (C=O) groups excluding carboxylic acids is 2. The Bertz CT molecular complexity index is 768. The van der Waals surface area contributed by atoms with Crippen LogP contribution in [0.15, 0.2) is 18.2 Å². The molecule has 0 aromatic heterocycles. The molecule has 0 amide bonds. The van der Waals surface area contributed by atoms with Crippen LogP contribution in [0, 0.1) is 11.3 Å². The summed E-state index contributed by atoms with van der Waals surface area (Å²) in [7, 11) is 1.45. The lowest BCUT2D eigenvalue weighted by Gasteiger charge is -2.57. The third-order valence-electron chi connectivity index (χ3n) is 7.18. The third-order valence-corrected chi connectivity index (χ3v) is 7.18. The lowest BCUT2D eigenvalue weighted by molar-refractivity contribution is -0.162. The fourth-order valence-electron chi connectivity index (χ4n) is 6.06. The largest absolute Gasteiger partial charge is 0.469 e. The smallest absolute Gasteiger partial charge is 0.306 e. The molecule has 2 aliphatic carbocycles. The zero-order chi connectivity index (χ0) is 20.7. The van der Waals surface area contributed by atoms with Gasteiger partial charge in [0.15, 0.2) is 0 Å². The van der Waals surface area contributed by atoms with E-state index in [4.69, 9.17) is 9.47 Å². The standard InChI is InChI=1S/C24H34O4/c1-15(2)17-8-9-19-18(12-17)13-20(28-16(3)25)22-23(4,14-21(26)27-6)10-7-11-24(19,22)5/h8-9,12,15,20,22H,7,10-11,13-14H2,1-6H3/t20?,22-,23-,24+/m0/s1. The Morgan fingerprint density at radius 3 is 2.54 bits per heavy atom. The maximum Gasteiger partial charge on any atom is 0.306 e. The summed E-state index contributed by atoms with van der Waals surface area (Å²) in [4.78, 5) is 24.2. The van der Waals surface area contributed by atoms with Crippen molar-refractivity contribution in [2.75, 3.05) is 7.11 Å². The van der Waals surface area contributed by atoms with Crippen molar-refractivity contribution in [1.82, 2.24) is 0 Å². The van der Waals surface area contributed by atoms with Gasteiger partial charge in [-0.05, 0) is 46.3 Å². The van der Waals surface area contributed by atoms with E-state index in [9.17, 15) is 9.59 Å². The van der Waals surface area contributed by atoms with E-state index in [1.54, 1.807) is 0 Å². The second kappa shape index (κ2) is 7.53. The van der Waals surface area contributed by atoms with Gasteiger partial charge >= 0.3 is 11.9 Å². The number of hydrogen-bond donors (Lipinski definition) is 0. The van der Waals surface area contributed by atoms with E-state index in [2.05, 4.69) is 45.9 Å². The van der Waals surface area contributed by atoms with Gasteiger partial charge in [-0.3, -0.25) is 9.59 Å². The molecule has 0 radical (unpaired) electrons. The van der Waals surface area contributed by atoms with Crippen molar-refractivity contribution in [3.63, 3.8) is 0 Å². The summed E-state index contributed by atoms with van der Waals surface area (Å²) in [6, 6.07) is 6.82. The first-order chi connectivity index (χ1) is 13.1. The topological polar surface area (TPSA) is 52.6 Å². The summed E-state index contributed by atoms with van der Waals surface area (Å²) in [5.74, 6) is 0.115. The van der Waals surface area contributed by atoms with E-state index in [-0.39, 0.29) is 34.8 Å². The average molecular weight is 387 g/mol. The van der Waals surface area contributed by atoms with Crippen LogP contribution in [0.4, 0.5) is 0 Å². The lowest BCUT2D eigenvalue weighted by Crippen LogP contribution is -2.57. The van der Waals surface area contributed by atoms with Gasteiger partial charge < -0.3 is 9.47 Å². The Morgan fingerprint density at radius 2 is 1.93 bits per heavy atom. The van der Waals surface area contributed by atoms with Crippen LogP contribution in [0.5, 0.6) is 0 Å². The van der Waals surface area contributed by atoms with Crippen molar-refractivity contribution in [3.05, 3.63) is 34.9 Å². The molecule has 1 aromatic rings. The molecule has 0 aliphatic heterocycles. The molecule has 4 heteroatoms. The van der Waals surface area contributed by atoms with Crippen LogP contribution >= 0.6 is 0 Å². The van der Waals surface area contributed by atoms with Gasteiger partial charge in [0, 0.05) is 19.3 Å². The summed E-state index contributed by atoms with van der Waals surface area (Å²) in [5.41, 5.74) is 3.59. The normalized spacial score (nSPS) is 31.7. The van der Waals surface area contributed by atoms with Crippen LogP contribution in [-0.2, 0) is 30.9 Å². The molecule has 0 bridgehead atoms. The molecule has 1 unspecified atom stereocenters. The van der Waals surface area contributed by atoms with E-state index >= 15 is 0 Å². The molecule has 154 valence electrons. The summed E-state index contributed by atoms with van der Waals surface area (Å²) in [6.45, 7) is 10.4. The number of fused-ring (bicyclic) bond motifs is 3. The number of esters is 2. The Hall–Kier alpha value is -1.84. The minimum atomic E-state index is -0.255. The number of rotatable bonds is 4. The van der Waals surface area contributed by atoms with E-state index in [1.807, 2.05) is 0 Å². The lowest BCUT2D eigenvalue weighted by atomic mass is 9.48. The van der Waals surface area contributed by atoms with Gasteiger partial charge in [0.1, 0.15) is 6.10 Å². The van der Waals surface area contributed by atoms with Crippen LogP contribution in [0.3, 0.4) is 0 Å². The number of carbonyl (C=O) groups is 2. The highest BCUT2D eigenvalue weighted by Crippen LogP contribution is 2.59. The second-order valence-electron chi connectivity index (χ2n) is 9.58. The zero-order valence-electron chi connectivity index (χ0n) is 18.1. The predicted molar refractivity (Wildman–Crippen MR) is 109 cm³/mol. The van der Waals surface area contributed by atoms with Crippen molar-refractivity contribution in [2.24, 2.45) is 11.3 Å². The SMILES string of the molecule is COC(=O)C[C@]1(C)CCC[C@]2(C)c3ccc(C(C)C)cc3CC(OC(C)=O)[C@@H]12. The maximum atomic E-state index is 12.2. The zero-order valence-corrected chi connectivity index (χ0v) is 18.1. The number of benzene rings is 1. The predicted octanol–water partition coefficient (Wildman–Crippen LogP) is 4.93. The first-order valence-corrected chi connectivity index (χ1v) is 10.5. The molecule has 3 rings (SSSR count). The minimum absolute atomic E-state index is 0.0918. The van der Waals surface area contributed by atoms with Crippen LogP contribution in [0.25, 0.3) is 0 Å². The van der Waals surface area contributed by atoms with E-state index in [1.165, 1.54) is 30.7 Å². The van der Waals surface area contributed by atoms with Gasteiger partial charge in [-0.25, -0.2) is 0 Å². The summed E-state index contributed by atoms with van der Waals surface area (Å²) < 4.78 is 10.9. The highest BCUT2D eigenvalue weighted by atomic mass is 16.5. The van der Waals surface area contributed by atoms with Gasteiger partial charge in [0.05, 0.1) is 13.5 Å². The first-order valence-electron chi connectivity index (χ1n) is 10.5. The Kier molecular flexibility index (Phi) is 5.62. The summed E-state index contributed by atoms with van der Waals surface area (Å²) in [6.07, 6.45) is 3.90.